The van der Waals surface area contributed by atoms with Crippen molar-refractivity contribution in [1.29, 1.82) is 0 Å². The van der Waals surface area contributed by atoms with Crippen molar-refractivity contribution in [3.63, 3.8) is 0 Å². The molecule has 1 aromatic carbocycles. The fourth-order valence-electron chi connectivity index (χ4n) is 1.64. The first-order chi connectivity index (χ1) is 9.06. The van der Waals surface area contributed by atoms with Crippen molar-refractivity contribution in [3.05, 3.63) is 34.3 Å². The fourth-order valence-corrected chi connectivity index (χ4v) is 2.16. The molecular weight excluding hydrogens is 449 g/mol. The van der Waals surface area contributed by atoms with Crippen LogP contribution in [0.4, 0.5) is 0 Å². The lowest BCUT2D eigenvalue weighted by Crippen LogP contribution is -2.40. The summed E-state index contributed by atoms with van der Waals surface area (Å²) in [7, 11) is 3.88. The molecular formula is C14H23BrIN3S. The zero-order chi connectivity index (χ0) is 14.3. The number of guanidine groups is 1. The topological polar surface area (TPSA) is 27.6 Å². The Hall–Kier alpha value is 0.0500. The number of benzene rings is 1. The summed E-state index contributed by atoms with van der Waals surface area (Å²) in [5.41, 5.74) is 1.27. The van der Waals surface area contributed by atoms with Crippen LogP contribution in [0.2, 0.25) is 0 Å². The Bertz CT molecular complexity index is 411. The van der Waals surface area contributed by atoms with Gasteiger partial charge >= 0.3 is 0 Å². The highest BCUT2D eigenvalue weighted by atomic mass is 127. The molecule has 0 aliphatic heterocycles. The summed E-state index contributed by atoms with van der Waals surface area (Å²) in [6.07, 6.45) is 2.13. The molecule has 0 saturated heterocycles. The van der Waals surface area contributed by atoms with E-state index in [2.05, 4.69) is 75.6 Å². The maximum absolute atomic E-state index is 4.32. The second-order valence-electron chi connectivity index (χ2n) is 4.46. The van der Waals surface area contributed by atoms with Crippen molar-refractivity contribution in [2.24, 2.45) is 4.99 Å². The van der Waals surface area contributed by atoms with E-state index < -0.39 is 0 Å². The van der Waals surface area contributed by atoms with E-state index in [1.165, 1.54) is 5.56 Å². The van der Waals surface area contributed by atoms with Gasteiger partial charge in [-0.25, -0.2) is 0 Å². The Balaban J connectivity index is 0.00000361. The third-order valence-corrected chi connectivity index (χ3v) is 4.36. The minimum atomic E-state index is 0. The molecule has 0 amide bonds. The highest BCUT2D eigenvalue weighted by Crippen LogP contribution is 2.12. The van der Waals surface area contributed by atoms with Gasteiger partial charge in [0.1, 0.15) is 0 Å². The molecule has 0 heterocycles. The van der Waals surface area contributed by atoms with Crippen LogP contribution in [-0.2, 0) is 6.54 Å². The Labute approximate surface area is 152 Å². The second kappa shape index (κ2) is 10.7. The van der Waals surface area contributed by atoms with E-state index in [0.717, 1.165) is 23.5 Å². The van der Waals surface area contributed by atoms with Gasteiger partial charge in [0, 0.05) is 36.9 Å². The lowest BCUT2D eigenvalue weighted by atomic mass is 10.2. The summed E-state index contributed by atoms with van der Waals surface area (Å²) >= 11 is 5.30. The molecule has 1 atom stereocenters. The molecule has 1 unspecified atom stereocenters. The molecule has 0 fully saturated rings. The summed E-state index contributed by atoms with van der Waals surface area (Å²) in [5, 5.41) is 3.98. The van der Waals surface area contributed by atoms with E-state index in [1.54, 1.807) is 0 Å². The maximum atomic E-state index is 4.32. The van der Waals surface area contributed by atoms with Gasteiger partial charge in [0.2, 0.25) is 0 Å². The number of nitrogens with zero attached hydrogens (tertiary/aromatic N) is 2. The van der Waals surface area contributed by atoms with Crippen LogP contribution < -0.4 is 5.32 Å². The largest absolute Gasteiger partial charge is 0.355 e. The van der Waals surface area contributed by atoms with Crippen LogP contribution in [0.15, 0.2) is 33.7 Å². The zero-order valence-electron chi connectivity index (χ0n) is 12.4. The Morgan fingerprint density at radius 3 is 2.50 bits per heavy atom. The van der Waals surface area contributed by atoms with Crippen molar-refractivity contribution in [2.45, 2.75) is 18.7 Å². The number of thioether (sulfide) groups is 1. The normalized spacial score (nSPS) is 12.6. The lowest BCUT2D eigenvalue weighted by molar-refractivity contribution is 0.477. The third kappa shape index (κ3) is 7.17. The molecule has 0 aromatic heterocycles. The molecule has 0 spiro atoms. The highest BCUT2D eigenvalue weighted by Gasteiger charge is 2.08. The van der Waals surface area contributed by atoms with Crippen LogP contribution in [0.3, 0.4) is 0 Å². The summed E-state index contributed by atoms with van der Waals surface area (Å²) in [5.74, 6) is 0.934. The minimum absolute atomic E-state index is 0. The standard InChI is InChI=1S/C14H22BrN3S.HI/c1-11(19-4)9-17-14(16-2)18(3)10-12-5-7-13(15)8-6-12;/h5-8,11H,9-10H2,1-4H3,(H,16,17);1H. The Morgan fingerprint density at radius 1 is 1.40 bits per heavy atom. The van der Waals surface area contributed by atoms with E-state index in [0.29, 0.717) is 5.25 Å². The first-order valence-electron chi connectivity index (χ1n) is 6.25. The lowest BCUT2D eigenvalue weighted by Gasteiger charge is -2.23. The minimum Gasteiger partial charge on any atom is -0.355 e. The molecule has 114 valence electrons. The average Bonchev–Trinajstić information content (AvgIpc) is 2.41. The van der Waals surface area contributed by atoms with Crippen LogP contribution in [0, 0.1) is 0 Å². The number of halogens is 2. The molecule has 1 aromatic rings. The van der Waals surface area contributed by atoms with Gasteiger partial charge in [-0.3, -0.25) is 4.99 Å². The van der Waals surface area contributed by atoms with Gasteiger partial charge in [0.05, 0.1) is 0 Å². The van der Waals surface area contributed by atoms with Crippen LogP contribution >= 0.6 is 51.7 Å². The number of hydrogen-bond acceptors (Lipinski definition) is 2. The van der Waals surface area contributed by atoms with Crippen molar-refractivity contribution in [1.82, 2.24) is 10.2 Å². The van der Waals surface area contributed by atoms with E-state index in [1.807, 2.05) is 18.8 Å². The van der Waals surface area contributed by atoms with Gasteiger partial charge in [0.25, 0.3) is 0 Å². The predicted octanol–water partition coefficient (Wildman–Crippen LogP) is 3.83. The van der Waals surface area contributed by atoms with Crippen LogP contribution in [-0.4, -0.2) is 43.0 Å². The first kappa shape index (κ1) is 20.1. The van der Waals surface area contributed by atoms with Crippen molar-refractivity contribution < 1.29 is 0 Å². The summed E-state index contributed by atoms with van der Waals surface area (Å²) in [6.45, 7) is 3.98. The van der Waals surface area contributed by atoms with Gasteiger partial charge in [-0.1, -0.05) is 35.0 Å². The van der Waals surface area contributed by atoms with Gasteiger partial charge < -0.3 is 10.2 Å². The number of nitrogens with one attached hydrogen (secondary N) is 1. The predicted molar refractivity (Wildman–Crippen MR) is 105 cm³/mol. The molecule has 0 saturated carbocycles. The molecule has 1 rings (SSSR count). The molecule has 0 bridgehead atoms. The van der Waals surface area contributed by atoms with Crippen molar-refractivity contribution in [2.75, 3.05) is 26.9 Å². The molecule has 3 nitrogen and oxygen atoms in total. The molecule has 0 aliphatic carbocycles. The average molecular weight is 472 g/mol. The smallest absolute Gasteiger partial charge is 0.193 e. The number of hydrogen-bond donors (Lipinski definition) is 1. The molecule has 6 heteroatoms. The van der Waals surface area contributed by atoms with Crippen molar-refractivity contribution >= 4 is 57.6 Å². The van der Waals surface area contributed by atoms with E-state index in [4.69, 9.17) is 0 Å². The Kier molecular flexibility index (Phi) is 10.8. The third-order valence-electron chi connectivity index (χ3n) is 2.86. The van der Waals surface area contributed by atoms with E-state index >= 15 is 0 Å². The summed E-state index contributed by atoms with van der Waals surface area (Å²) in [6, 6.07) is 8.38. The van der Waals surface area contributed by atoms with Crippen LogP contribution in [0.1, 0.15) is 12.5 Å². The number of rotatable bonds is 5. The van der Waals surface area contributed by atoms with Gasteiger partial charge in [-0.15, -0.1) is 24.0 Å². The molecule has 0 radical (unpaired) electrons. The molecule has 1 N–H and O–H groups in total. The van der Waals surface area contributed by atoms with Gasteiger partial charge in [-0.2, -0.15) is 11.8 Å². The zero-order valence-corrected chi connectivity index (χ0v) is 17.1. The van der Waals surface area contributed by atoms with E-state index in [9.17, 15) is 0 Å². The SMILES string of the molecule is CN=C(NCC(C)SC)N(C)Cc1ccc(Br)cc1.I. The van der Waals surface area contributed by atoms with Gasteiger partial charge in [-0.05, 0) is 24.0 Å². The molecule has 20 heavy (non-hydrogen) atoms. The summed E-state index contributed by atoms with van der Waals surface area (Å²) in [4.78, 5) is 6.46. The van der Waals surface area contributed by atoms with Crippen LogP contribution in [0.5, 0.6) is 0 Å². The summed E-state index contributed by atoms with van der Waals surface area (Å²) < 4.78 is 1.11. The molecule has 0 aliphatic rings. The maximum Gasteiger partial charge on any atom is 0.193 e. The highest BCUT2D eigenvalue weighted by molar-refractivity contribution is 14.0. The Morgan fingerprint density at radius 2 is 2.00 bits per heavy atom. The number of aliphatic imine (C=N–C) groups is 1. The monoisotopic (exact) mass is 471 g/mol. The first-order valence-corrected chi connectivity index (χ1v) is 8.34. The van der Waals surface area contributed by atoms with E-state index in [-0.39, 0.29) is 24.0 Å². The van der Waals surface area contributed by atoms with Gasteiger partial charge in [0.15, 0.2) is 5.96 Å². The quantitative estimate of drug-likeness (QED) is 0.401. The van der Waals surface area contributed by atoms with Crippen molar-refractivity contribution in [3.8, 4) is 0 Å². The fraction of sp³-hybridized carbons (Fsp3) is 0.500. The van der Waals surface area contributed by atoms with Crippen LogP contribution in [0.25, 0.3) is 0 Å². The second-order valence-corrected chi connectivity index (χ2v) is 6.65.